The summed E-state index contributed by atoms with van der Waals surface area (Å²) in [7, 11) is 0. The van der Waals surface area contributed by atoms with Gasteiger partial charge in [-0.05, 0) is 5.92 Å². The van der Waals surface area contributed by atoms with E-state index in [0.717, 1.165) is 25.7 Å². The summed E-state index contributed by atoms with van der Waals surface area (Å²) >= 11 is 0. The summed E-state index contributed by atoms with van der Waals surface area (Å²) in [6, 6.07) is 0. The van der Waals surface area contributed by atoms with Crippen LogP contribution < -0.4 is 5.73 Å². The second kappa shape index (κ2) is 4.80. The molecule has 1 saturated heterocycles. The molecule has 0 unspecified atom stereocenters. The normalized spacial score (nSPS) is 22.0. The van der Waals surface area contributed by atoms with Gasteiger partial charge in [-0.1, -0.05) is 13.8 Å². The topological polar surface area (TPSA) is 32.5 Å². The summed E-state index contributed by atoms with van der Waals surface area (Å²) in [6.07, 6.45) is 0. The third kappa shape index (κ3) is 3.09. The number of piperazine rings is 1. The van der Waals surface area contributed by atoms with E-state index < -0.39 is 0 Å². The molecule has 0 aromatic rings. The lowest BCUT2D eigenvalue weighted by atomic mass is 10.2. The van der Waals surface area contributed by atoms with E-state index in [4.69, 9.17) is 5.73 Å². The Labute approximate surface area is 75.5 Å². The van der Waals surface area contributed by atoms with Crippen molar-refractivity contribution in [1.82, 2.24) is 9.80 Å². The SMILES string of the molecule is CC(C)CN1CCN(CN)CC1. The van der Waals surface area contributed by atoms with Crippen LogP contribution in [-0.4, -0.2) is 49.2 Å². The van der Waals surface area contributed by atoms with E-state index in [9.17, 15) is 0 Å². The van der Waals surface area contributed by atoms with Crippen molar-refractivity contribution in [2.75, 3.05) is 39.4 Å². The van der Waals surface area contributed by atoms with Crippen LogP contribution in [0.5, 0.6) is 0 Å². The Kier molecular flexibility index (Phi) is 3.98. The van der Waals surface area contributed by atoms with Crippen molar-refractivity contribution in [2.45, 2.75) is 13.8 Å². The van der Waals surface area contributed by atoms with Gasteiger partial charge in [-0.2, -0.15) is 0 Å². The molecule has 3 nitrogen and oxygen atoms in total. The van der Waals surface area contributed by atoms with Gasteiger partial charge in [-0.25, -0.2) is 0 Å². The first-order chi connectivity index (χ1) is 5.72. The predicted octanol–water partition coefficient (Wildman–Crippen LogP) is 0.176. The molecule has 0 radical (unpaired) electrons. The molecule has 1 aliphatic heterocycles. The number of nitrogens with two attached hydrogens (primary N) is 1. The van der Waals surface area contributed by atoms with Gasteiger partial charge in [0.05, 0.1) is 0 Å². The van der Waals surface area contributed by atoms with Crippen molar-refractivity contribution < 1.29 is 0 Å². The van der Waals surface area contributed by atoms with Crippen LogP contribution in [0, 0.1) is 5.92 Å². The van der Waals surface area contributed by atoms with Gasteiger partial charge in [0, 0.05) is 39.4 Å². The Morgan fingerprint density at radius 2 is 1.58 bits per heavy atom. The van der Waals surface area contributed by atoms with Crippen LogP contribution >= 0.6 is 0 Å². The van der Waals surface area contributed by atoms with Gasteiger partial charge in [-0.3, -0.25) is 4.90 Å². The van der Waals surface area contributed by atoms with Gasteiger partial charge >= 0.3 is 0 Å². The first-order valence-corrected chi connectivity index (χ1v) is 4.87. The Hall–Kier alpha value is -0.120. The Bertz CT molecular complexity index is 117. The summed E-state index contributed by atoms with van der Waals surface area (Å²) in [5.74, 6) is 0.787. The summed E-state index contributed by atoms with van der Waals surface area (Å²) < 4.78 is 0. The van der Waals surface area contributed by atoms with Crippen molar-refractivity contribution in [3.05, 3.63) is 0 Å². The molecule has 2 N–H and O–H groups in total. The Balaban J connectivity index is 2.17. The molecule has 0 aromatic heterocycles. The van der Waals surface area contributed by atoms with Gasteiger partial charge < -0.3 is 10.6 Å². The zero-order valence-corrected chi connectivity index (χ0v) is 8.29. The number of nitrogens with zero attached hydrogens (tertiary/aromatic N) is 2. The molecule has 1 heterocycles. The second-order valence-corrected chi connectivity index (χ2v) is 4.00. The van der Waals surface area contributed by atoms with Crippen LogP contribution in [0.25, 0.3) is 0 Å². The molecule has 12 heavy (non-hydrogen) atoms. The molecule has 1 aliphatic rings. The van der Waals surface area contributed by atoms with Crippen molar-refractivity contribution in [2.24, 2.45) is 11.7 Å². The molecule has 0 amide bonds. The molecule has 1 rings (SSSR count). The largest absolute Gasteiger partial charge is 0.318 e. The van der Waals surface area contributed by atoms with Crippen LogP contribution in [0.3, 0.4) is 0 Å². The molecular weight excluding hydrogens is 150 g/mol. The van der Waals surface area contributed by atoms with Gasteiger partial charge in [0.25, 0.3) is 0 Å². The highest BCUT2D eigenvalue weighted by Gasteiger charge is 2.15. The van der Waals surface area contributed by atoms with E-state index in [1.807, 2.05) is 0 Å². The van der Waals surface area contributed by atoms with E-state index >= 15 is 0 Å². The highest BCUT2D eigenvalue weighted by atomic mass is 15.3. The lowest BCUT2D eigenvalue weighted by Crippen LogP contribution is -2.48. The molecule has 72 valence electrons. The minimum Gasteiger partial charge on any atom is -0.318 e. The minimum atomic E-state index is 0.718. The van der Waals surface area contributed by atoms with Gasteiger partial charge in [0.2, 0.25) is 0 Å². The summed E-state index contributed by atoms with van der Waals surface area (Å²) in [6.45, 7) is 11.2. The average molecular weight is 171 g/mol. The van der Waals surface area contributed by atoms with Crippen LogP contribution in [0.2, 0.25) is 0 Å². The molecule has 0 spiro atoms. The van der Waals surface area contributed by atoms with Gasteiger partial charge in [0.15, 0.2) is 0 Å². The maximum atomic E-state index is 5.56. The van der Waals surface area contributed by atoms with Crippen molar-refractivity contribution in [1.29, 1.82) is 0 Å². The first-order valence-electron chi connectivity index (χ1n) is 4.87. The fraction of sp³-hybridized carbons (Fsp3) is 1.00. The highest BCUT2D eigenvalue weighted by molar-refractivity contribution is 4.71. The molecule has 1 fully saturated rings. The van der Waals surface area contributed by atoms with E-state index in [1.165, 1.54) is 19.6 Å². The van der Waals surface area contributed by atoms with Gasteiger partial charge in [-0.15, -0.1) is 0 Å². The average Bonchev–Trinajstić information content (AvgIpc) is 2.05. The van der Waals surface area contributed by atoms with Crippen LogP contribution in [0.1, 0.15) is 13.8 Å². The zero-order valence-electron chi connectivity index (χ0n) is 8.29. The molecule has 0 bridgehead atoms. The van der Waals surface area contributed by atoms with Gasteiger partial charge in [0.1, 0.15) is 0 Å². The summed E-state index contributed by atoms with van der Waals surface area (Å²) in [5, 5.41) is 0. The number of hydrogen-bond donors (Lipinski definition) is 1. The maximum Gasteiger partial charge on any atom is 0.0456 e. The highest BCUT2D eigenvalue weighted by Crippen LogP contribution is 2.03. The van der Waals surface area contributed by atoms with E-state index in [-0.39, 0.29) is 0 Å². The number of rotatable bonds is 3. The van der Waals surface area contributed by atoms with Crippen molar-refractivity contribution >= 4 is 0 Å². The zero-order chi connectivity index (χ0) is 8.97. The quantitative estimate of drug-likeness (QED) is 0.657. The molecule has 3 heteroatoms. The number of hydrogen-bond acceptors (Lipinski definition) is 3. The molecule has 0 aromatic carbocycles. The molecule has 0 aliphatic carbocycles. The smallest absolute Gasteiger partial charge is 0.0456 e. The predicted molar refractivity (Wildman–Crippen MR) is 51.9 cm³/mol. The standard InChI is InChI=1S/C9H21N3/c1-9(2)7-11-3-5-12(8-10)6-4-11/h9H,3-8,10H2,1-2H3. The van der Waals surface area contributed by atoms with Crippen molar-refractivity contribution in [3.63, 3.8) is 0 Å². The third-order valence-electron chi connectivity index (χ3n) is 2.35. The fourth-order valence-electron chi connectivity index (χ4n) is 1.67. The van der Waals surface area contributed by atoms with E-state index in [2.05, 4.69) is 23.6 Å². The third-order valence-corrected chi connectivity index (χ3v) is 2.35. The summed E-state index contributed by atoms with van der Waals surface area (Å²) in [4.78, 5) is 4.83. The first kappa shape index (κ1) is 9.96. The molecular formula is C9H21N3. The lowest BCUT2D eigenvalue weighted by Gasteiger charge is -2.34. The monoisotopic (exact) mass is 171 g/mol. The summed E-state index contributed by atoms with van der Waals surface area (Å²) in [5.41, 5.74) is 5.56. The van der Waals surface area contributed by atoms with Crippen LogP contribution in [-0.2, 0) is 0 Å². The van der Waals surface area contributed by atoms with Crippen LogP contribution in [0.4, 0.5) is 0 Å². The van der Waals surface area contributed by atoms with Crippen LogP contribution in [0.15, 0.2) is 0 Å². The molecule has 0 saturated carbocycles. The van der Waals surface area contributed by atoms with E-state index in [0.29, 0.717) is 0 Å². The second-order valence-electron chi connectivity index (χ2n) is 4.00. The van der Waals surface area contributed by atoms with E-state index in [1.54, 1.807) is 0 Å². The van der Waals surface area contributed by atoms with Crippen molar-refractivity contribution in [3.8, 4) is 0 Å². The fourth-order valence-corrected chi connectivity index (χ4v) is 1.67. The Morgan fingerprint density at radius 3 is 2.00 bits per heavy atom. The Morgan fingerprint density at radius 1 is 1.08 bits per heavy atom. The maximum absolute atomic E-state index is 5.56. The lowest BCUT2D eigenvalue weighted by molar-refractivity contribution is 0.124. The molecule has 0 atom stereocenters. The minimum absolute atomic E-state index is 0.718.